The van der Waals surface area contributed by atoms with Crippen LogP contribution in [0, 0.1) is 5.92 Å². The van der Waals surface area contributed by atoms with Crippen LogP contribution in [0.2, 0.25) is 0 Å². The molecule has 112 valence electrons. The highest BCUT2D eigenvalue weighted by Gasteiger charge is 2.18. The largest absolute Gasteiger partial charge is 0.383 e. The maximum Gasteiger partial charge on any atom is 0.136 e. The van der Waals surface area contributed by atoms with E-state index in [1.54, 1.807) is 0 Å². The lowest BCUT2D eigenvalue weighted by Crippen LogP contribution is -2.33. The van der Waals surface area contributed by atoms with Gasteiger partial charge in [-0.3, -0.25) is 0 Å². The van der Waals surface area contributed by atoms with E-state index in [9.17, 15) is 0 Å². The van der Waals surface area contributed by atoms with Crippen molar-refractivity contribution in [2.45, 2.75) is 39.7 Å². The second-order valence-electron chi connectivity index (χ2n) is 6.54. The highest BCUT2D eigenvalue weighted by Crippen LogP contribution is 2.30. The smallest absolute Gasteiger partial charge is 0.136 e. The number of hydrogen-bond acceptors (Lipinski definition) is 3. The minimum absolute atomic E-state index is 0.443. The van der Waals surface area contributed by atoms with Gasteiger partial charge in [0.05, 0.1) is 0 Å². The van der Waals surface area contributed by atoms with Crippen molar-refractivity contribution in [1.82, 2.24) is 4.98 Å². The number of anilines is 2. The number of fused-ring (bicyclic) bond motifs is 1. The van der Waals surface area contributed by atoms with Gasteiger partial charge in [-0.05, 0) is 56.2 Å². The van der Waals surface area contributed by atoms with E-state index >= 15 is 0 Å². The van der Waals surface area contributed by atoms with E-state index in [-0.39, 0.29) is 0 Å². The van der Waals surface area contributed by atoms with Crippen LogP contribution in [0.5, 0.6) is 0 Å². The zero-order chi connectivity index (χ0) is 14.8. The van der Waals surface area contributed by atoms with Crippen LogP contribution >= 0.6 is 0 Å². The summed E-state index contributed by atoms with van der Waals surface area (Å²) in [5.74, 6) is 1.99. The quantitative estimate of drug-likeness (QED) is 0.910. The molecule has 3 rings (SSSR count). The molecule has 0 bridgehead atoms. The first-order valence-corrected chi connectivity index (χ1v) is 8.04. The van der Waals surface area contributed by atoms with Gasteiger partial charge in [-0.2, -0.15) is 0 Å². The standard InChI is InChI=1S/C18H25N3/c1-13(2)20-16-5-4-15-6-9-19-18(17(15)12-16)21-10-7-14(3)8-11-21/h4-6,9,12-14,20H,7-8,10-11H2,1-3H3. The second kappa shape index (κ2) is 5.92. The summed E-state index contributed by atoms with van der Waals surface area (Å²) >= 11 is 0. The Hall–Kier alpha value is -1.77. The van der Waals surface area contributed by atoms with E-state index in [0.29, 0.717) is 6.04 Å². The summed E-state index contributed by atoms with van der Waals surface area (Å²) in [5.41, 5.74) is 1.18. The van der Waals surface area contributed by atoms with Crippen molar-refractivity contribution in [3.63, 3.8) is 0 Å². The maximum absolute atomic E-state index is 4.67. The lowest BCUT2D eigenvalue weighted by molar-refractivity contribution is 0.437. The van der Waals surface area contributed by atoms with E-state index in [2.05, 4.69) is 60.2 Å². The summed E-state index contributed by atoms with van der Waals surface area (Å²) in [5, 5.41) is 6.02. The molecule has 2 aromatic rings. The molecule has 1 aliphatic heterocycles. The molecule has 0 radical (unpaired) electrons. The van der Waals surface area contributed by atoms with Crippen molar-refractivity contribution in [3.8, 4) is 0 Å². The molecule has 1 aromatic carbocycles. The molecule has 1 aromatic heterocycles. The van der Waals surface area contributed by atoms with Crippen LogP contribution in [0.1, 0.15) is 33.6 Å². The summed E-state index contributed by atoms with van der Waals surface area (Å²) in [6.07, 6.45) is 4.47. The molecule has 0 unspecified atom stereocenters. The fraction of sp³-hybridized carbons (Fsp3) is 0.500. The molecule has 2 heterocycles. The van der Waals surface area contributed by atoms with Gasteiger partial charge < -0.3 is 10.2 Å². The van der Waals surface area contributed by atoms with Crippen LogP contribution in [0.3, 0.4) is 0 Å². The van der Waals surface area contributed by atoms with Gasteiger partial charge in [0.25, 0.3) is 0 Å². The van der Waals surface area contributed by atoms with Crippen LogP contribution in [-0.2, 0) is 0 Å². The topological polar surface area (TPSA) is 28.2 Å². The number of piperidine rings is 1. The highest BCUT2D eigenvalue weighted by molar-refractivity contribution is 5.94. The molecule has 3 heteroatoms. The zero-order valence-corrected chi connectivity index (χ0v) is 13.3. The van der Waals surface area contributed by atoms with Crippen molar-refractivity contribution in [2.24, 2.45) is 5.92 Å². The zero-order valence-electron chi connectivity index (χ0n) is 13.3. The molecule has 21 heavy (non-hydrogen) atoms. The molecule has 1 saturated heterocycles. The molecular weight excluding hydrogens is 258 g/mol. The average Bonchev–Trinajstić information content (AvgIpc) is 2.47. The lowest BCUT2D eigenvalue weighted by Gasteiger charge is -2.32. The molecule has 3 nitrogen and oxygen atoms in total. The number of benzene rings is 1. The number of aromatic nitrogens is 1. The number of rotatable bonds is 3. The molecule has 1 N–H and O–H groups in total. The van der Waals surface area contributed by atoms with Crippen LogP contribution < -0.4 is 10.2 Å². The van der Waals surface area contributed by atoms with Gasteiger partial charge in [0.2, 0.25) is 0 Å². The third-order valence-electron chi connectivity index (χ3n) is 4.28. The van der Waals surface area contributed by atoms with Crippen molar-refractivity contribution >= 4 is 22.3 Å². The van der Waals surface area contributed by atoms with Crippen molar-refractivity contribution in [3.05, 3.63) is 30.5 Å². The third kappa shape index (κ3) is 3.12. The predicted molar refractivity (Wildman–Crippen MR) is 91.1 cm³/mol. The maximum atomic E-state index is 4.67. The van der Waals surface area contributed by atoms with Crippen molar-refractivity contribution < 1.29 is 0 Å². The molecule has 0 amide bonds. The fourth-order valence-corrected chi connectivity index (χ4v) is 3.05. The van der Waals surface area contributed by atoms with E-state index < -0.39 is 0 Å². The van der Waals surface area contributed by atoms with Gasteiger partial charge in [-0.15, -0.1) is 0 Å². The first kappa shape index (κ1) is 14.2. The number of hydrogen-bond donors (Lipinski definition) is 1. The van der Waals surface area contributed by atoms with Crippen molar-refractivity contribution in [1.29, 1.82) is 0 Å². The Kier molecular flexibility index (Phi) is 4.00. The SMILES string of the molecule is CC1CCN(c2nccc3ccc(NC(C)C)cc23)CC1. The van der Waals surface area contributed by atoms with Crippen LogP contribution in [0.4, 0.5) is 11.5 Å². The van der Waals surface area contributed by atoms with Gasteiger partial charge in [0.1, 0.15) is 5.82 Å². The Bertz CT molecular complexity index is 613. The lowest BCUT2D eigenvalue weighted by atomic mass is 9.99. The molecule has 1 aliphatic rings. The first-order chi connectivity index (χ1) is 10.1. The Morgan fingerprint density at radius 2 is 1.95 bits per heavy atom. The molecule has 0 aliphatic carbocycles. The molecule has 0 spiro atoms. The fourth-order valence-electron chi connectivity index (χ4n) is 3.05. The van der Waals surface area contributed by atoms with E-state index in [1.807, 2.05) is 6.20 Å². The monoisotopic (exact) mass is 283 g/mol. The molecular formula is C18H25N3. The van der Waals surface area contributed by atoms with Crippen LogP contribution in [0.25, 0.3) is 10.8 Å². The number of nitrogens with one attached hydrogen (secondary N) is 1. The Labute approximate surface area is 127 Å². The number of nitrogens with zero attached hydrogens (tertiary/aromatic N) is 2. The molecule has 1 fully saturated rings. The Morgan fingerprint density at radius 3 is 2.67 bits per heavy atom. The van der Waals surface area contributed by atoms with Crippen LogP contribution in [0.15, 0.2) is 30.5 Å². The summed E-state index contributed by atoms with van der Waals surface area (Å²) < 4.78 is 0. The molecule has 0 atom stereocenters. The van der Waals surface area contributed by atoms with Gasteiger partial charge in [0.15, 0.2) is 0 Å². The third-order valence-corrected chi connectivity index (χ3v) is 4.28. The summed E-state index contributed by atoms with van der Waals surface area (Å²) in [6.45, 7) is 8.92. The Morgan fingerprint density at radius 1 is 1.19 bits per heavy atom. The summed E-state index contributed by atoms with van der Waals surface area (Å²) in [6, 6.07) is 9.14. The van der Waals surface area contributed by atoms with E-state index in [1.165, 1.54) is 29.3 Å². The first-order valence-electron chi connectivity index (χ1n) is 8.04. The van der Waals surface area contributed by atoms with E-state index in [0.717, 1.165) is 24.8 Å². The normalized spacial score (nSPS) is 16.7. The van der Waals surface area contributed by atoms with E-state index in [4.69, 9.17) is 0 Å². The highest BCUT2D eigenvalue weighted by atomic mass is 15.2. The molecule has 0 saturated carbocycles. The average molecular weight is 283 g/mol. The predicted octanol–water partition coefficient (Wildman–Crippen LogP) is 4.29. The van der Waals surface area contributed by atoms with Gasteiger partial charge >= 0.3 is 0 Å². The van der Waals surface area contributed by atoms with Gasteiger partial charge in [-0.25, -0.2) is 4.98 Å². The minimum atomic E-state index is 0.443. The Balaban J connectivity index is 1.97. The van der Waals surface area contributed by atoms with Crippen molar-refractivity contribution in [2.75, 3.05) is 23.3 Å². The summed E-state index contributed by atoms with van der Waals surface area (Å²) in [7, 11) is 0. The van der Waals surface area contributed by atoms with Gasteiger partial charge in [-0.1, -0.05) is 13.0 Å². The summed E-state index contributed by atoms with van der Waals surface area (Å²) in [4.78, 5) is 7.12. The minimum Gasteiger partial charge on any atom is -0.383 e. The second-order valence-corrected chi connectivity index (χ2v) is 6.54. The number of pyridine rings is 1. The van der Waals surface area contributed by atoms with Gasteiger partial charge in [0, 0.05) is 36.4 Å². The van der Waals surface area contributed by atoms with Crippen LogP contribution in [-0.4, -0.2) is 24.1 Å².